The van der Waals surface area contributed by atoms with Gasteiger partial charge < -0.3 is 14.3 Å². The van der Waals surface area contributed by atoms with Gasteiger partial charge in [-0.3, -0.25) is 4.79 Å². The van der Waals surface area contributed by atoms with Crippen molar-refractivity contribution < 1.29 is 9.21 Å². The van der Waals surface area contributed by atoms with Crippen LogP contribution in [0.4, 0.5) is 0 Å². The van der Waals surface area contributed by atoms with E-state index >= 15 is 0 Å². The lowest BCUT2D eigenvalue weighted by atomic mass is 9.87. The Labute approximate surface area is 153 Å². The molecule has 0 radical (unpaired) electrons. The number of para-hydroxylation sites is 2. The van der Waals surface area contributed by atoms with Crippen molar-refractivity contribution >= 4 is 16.9 Å². The number of imidazole rings is 1. The summed E-state index contributed by atoms with van der Waals surface area (Å²) in [5, 5.41) is 2.92. The van der Waals surface area contributed by atoms with Crippen LogP contribution in [0.1, 0.15) is 54.9 Å². The predicted molar refractivity (Wildman–Crippen MR) is 101 cm³/mol. The van der Waals surface area contributed by atoms with Crippen LogP contribution in [-0.4, -0.2) is 15.5 Å². The van der Waals surface area contributed by atoms with Crippen molar-refractivity contribution in [3.8, 4) is 0 Å². The maximum Gasteiger partial charge on any atom is 0.287 e. The molecule has 1 fully saturated rings. The highest BCUT2D eigenvalue weighted by Crippen LogP contribution is 2.27. The van der Waals surface area contributed by atoms with E-state index in [9.17, 15) is 4.79 Å². The Morgan fingerprint density at radius 2 is 2.00 bits per heavy atom. The van der Waals surface area contributed by atoms with Crippen LogP contribution in [0.5, 0.6) is 0 Å². The van der Waals surface area contributed by atoms with Crippen molar-refractivity contribution in [3.05, 3.63) is 54.2 Å². The summed E-state index contributed by atoms with van der Waals surface area (Å²) in [6.07, 6.45) is 9.49. The monoisotopic (exact) mass is 351 g/mol. The van der Waals surface area contributed by atoms with Crippen LogP contribution >= 0.6 is 0 Å². The molecule has 2 aromatic heterocycles. The van der Waals surface area contributed by atoms with E-state index in [1.165, 1.54) is 44.8 Å². The highest BCUT2D eigenvalue weighted by Gasteiger charge is 2.17. The fraction of sp³-hybridized carbons (Fsp3) is 0.429. The molecule has 1 amide bonds. The molecule has 1 aliphatic rings. The summed E-state index contributed by atoms with van der Waals surface area (Å²) in [6, 6.07) is 11.6. The number of rotatable bonds is 6. The summed E-state index contributed by atoms with van der Waals surface area (Å²) >= 11 is 0. The third-order valence-electron chi connectivity index (χ3n) is 5.37. The van der Waals surface area contributed by atoms with Crippen molar-refractivity contribution in [1.29, 1.82) is 0 Å². The zero-order valence-corrected chi connectivity index (χ0v) is 15.0. The van der Waals surface area contributed by atoms with Gasteiger partial charge in [0.25, 0.3) is 5.91 Å². The second-order valence-corrected chi connectivity index (χ2v) is 7.12. The number of carbonyl (C=O) groups excluding carboxylic acids is 1. The Balaban J connectivity index is 1.50. The second-order valence-electron chi connectivity index (χ2n) is 7.12. The molecule has 1 aromatic carbocycles. The summed E-state index contributed by atoms with van der Waals surface area (Å²) in [6.45, 7) is 1.36. The predicted octanol–water partition coefficient (Wildman–Crippen LogP) is 4.53. The molecule has 0 aliphatic heterocycles. The molecule has 4 rings (SSSR count). The number of aryl methyl sites for hydroxylation is 1. The van der Waals surface area contributed by atoms with Crippen LogP contribution < -0.4 is 5.32 Å². The maximum atomic E-state index is 12.2. The van der Waals surface area contributed by atoms with Crippen LogP contribution in [0.25, 0.3) is 11.0 Å². The van der Waals surface area contributed by atoms with Crippen molar-refractivity contribution in [3.63, 3.8) is 0 Å². The van der Waals surface area contributed by atoms with Crippen molar-refractivity contribution in [2.75, 3.05) is 0 Å². The minimum absolute atomic E-state index is 0.208. The van der Waals surface area contributed by atoms with E-state index in [4.69, 9.17) is 9.40 Å². The van der Waals surface area contributed by atoms with Gasteiger partial charge in [0.15, 0.2) is 5.76 Å². The van der Waals surface area contributed by atoms with Gasteiger partial charge in [-0.25, -0.2) is 4.98 Å². The molecule has 0 saturated heterocycles. The number of nitrogens with one attached hydrogen (secondary N) is 1. The normalized spacial score (nSPS) is 15.4. The molecular formula is C21H25N3O2. The molecule has 0 bridgehead atoms. The van der Waals surface area contributed by atoms with Crippen LogP contribution in [0.2, 0.25) is 0 Å². The second kappa shape index (κ2) is 7.77. The van der Waals surface area contributed by atoms with Crippen molar-refractivity contribution in [1.82, 2.24) is 14.9 Å². The third kappa shape index (κ3) is 3.66. The van der Waals surface area contributed by atoms with Gasteiger partial charge in [0, 0.05) is 6.54 Å². The minimum Gasteiger partial charge on any atom is -0.459 e. The van der Waals surface area contributed by atoms with Crippen LogP contribution in [-0.2, 0) is 13.1 Å². The number of carbonyl (C=O) groups is 1. The Hall–Kier alpha value is -2.56. The summed E-state index contributed by atoms with van der Waals surface area (Å²) in [5.41, 5.74) is 2.13. The number of benzene rings is 1. The first-order chi connectivity index (χ1) is 12.8. The lowest BCUT2D eigenvalue weighted by molar-refractivity contribution is 0.0921. The summed E-state index contributed by atoms with van der Waals surface area (Å²) in [5.74, 6) is 1.84. The molecule has 1 saturated carbocycles. The Morgan fingerprint density at radius 1 is 1.15 bits per heavy atom. The fourth-order valence-corrected chi connectivity index (χ4v) is 3.95. The van der Waals surface area contributed by atoms with Gasteiger partial charge in [-0.1, -0.05) is 44.2 Å². The van der Waals surface area contributed by atoms with Crippen LogP contribution in [0.15, 0.2) is 47.1 Å². The molecule has 1 aliphatic carbocycles. The topological polar surface area (TPSA) is 60.1 Å². The number of hydrogen-bond donors (Lipinski definition) is 1. The van der Waals surface area contributed by atoms with Gasteiger partial charge in [0.2, 0.25) is 0 Å². The highest BCUT2D eigenvalue weighted by molar-refractivity contribution is 5.91. The van der Waals surface area contributed by atoms with E-state index in [1.807, 2.05) is 18.2 Å². The summed E-state index contributed by atoms with van der Waals surface area (Å²) < 4.78 is 7.43. The number of hydrogen-bond acceptors (Lipinski definition) is 3. The molecule has 3 aromatic rings. The standard InChI is InChI=1S/C21H25N3O2/c25-21(19-11-6-14-26-19)22-15-20-23-17-9-4-5-10-18(17)24(20)13-12-16-7-2-1-3-8-16/h4-6,9-11,14,16H,1-3,7-8,12-13,15H2,(H,22,25). The molecule has 2 heterocycles. The molecule has 0 spiro atoms. The first-order valence-electron chi connectivity index (χ1n) is 9.57. The molecule has 136 valence electrons. The zero-order valence-electron chi connectivity index (χ0n) is 15.0. The zero-order chi connectivity index (χ0) is 17.8. The molecule has 5 nitrogen and oxygen atoms in total. The van der Waals surface area contributed by atoms with E-state index in [-0.39, 0.29) is 5.91 Å². The Morgan fingerprint density at radius 3 is 2.81 bits per heavy atom. The van der Waals surface area contributed by atoms with Crippen LogP contribution in [0, 0.1) is 5.92 Å². The molecule has 0 unspecified atom stereocenters. The average molecular weight is 351 g/mol. The van der Waals surface area contributed by atoms with Gasteiger partial charge >= 0.3 is 0 Å². The summed E-state index contributed by atoms with van der Waals surface area (Å²) in [4.78, 5) is 16.9. The van der Waals surface area contributed by atoms with Gasteiger partial charge in [-0.05, 0) is 36.6 Å². The van der Waals surface area contributed by atoms with Gasteiger partial charge in [-0.2, -0.15) is 0 Å². The van der Waals surface area contributed by atoms with E-state index < -0.39 is 0 Å². The number of aromatic nitrogens is 2. The number of furan rings is 1. The summed E-state index contributed by atoms with van der Waals surface area (Å²) in [7, 11) is 0. The smallest absolute Gasteiger partial charge is 0.287 e. The van der Waals surface area contributed by atoms with E-state index in [2.05, 4.69) is 16.0 Å². The molecule has 26 heavy (non-hydrogen) atoms. The molecule has 0 atom stereocenters. The highest BCUT2D eigenvalue weighted by atomic mass is 16.3. The van der Waals surface area contributed by atoms with Gasteiger partial charge in [0.1, 0.15) is 5.82 Å². The molecule has 1 N–H and O–H groups in total. The van der Waals surface area contributed by atoms with Gasteiger partial charge in [0.05, 0.1) is 23.8 Å². The minimum atomic E-state index is -0.208. The van der Waals surface area contributed by atoms with Crippen molar-refractivity contribution in [2.24, 2.45) is 5.92 Å². The quantitative estimate of drug-likeness (QED) is 0.710. The number of amides is 1. The Kier molecular flexibility index (Phi) is 5.04. The largest absolute Gasteiger partial charge is 0.459 e. The average Bonchev–Trinajstić information content (AvgIpc) is 3.33. The van der Waals surface area contributed by atoms with Crippen LogP contribution in [0.3, 0.4) is 0 Å². The first-order valence-corrected chi connectivity index (χ1v) is 9.57. The van der Waals surface area contributed by atoms with E-state index in [1.54, 1.807) is 12.1 Å². The maximum absolute atomic E-state index is 12.2. The van der Waals surface area contributed by atoms with E-state index in [0.29, 0.717) is 12.3 Å². The Bertz CT molecular complexity index is 861. The number of nitrogens with zero attached hydrogens (tertiary/aromatic N) is 2. The number of fused-ring (bicyclic) bond motifs is 1. The third-order valence-corrected chi connectivity index (χ3v) is 5.37. The first kappa shape index (κ1) is 16.9. The molecular weight excluding hydrogens is 326 g/mol. The SMILES string of the molecule is O=C(NCc1nc2ccccc2n1CCC1CCCCC1)c1ccco1. The molecule has 5 heteroatoms. The fourth-order valence-electron chi connectivity index (χ4n) is 3.95. The lowest BCUT2D eigenvalue weighted by Crippen LogP contribution is -2.24. The van der Waals surface area contributed by atoms with E-state index in [0.717, 1.165) is 29.3 Å². The van der Waals surface area contributed by atoms with Crippen molar-refractivity contribution in [2.45, 2.75) is 51.6 Å². The van der Waals surface area contributed by atoms with Gasteiger partial charge in [-0.15, -0.1) is 0 Å². The lowest BCUT2D eigenvalue weighted by Gasteiger charge is -2.22.